The summed E-state index contributed by atoms with van der Waals surface area (Å²) in [6, 6.07) is 0. The standard InChI is InChI=1S/C12H25N3O2/c1-12(17)6-9-15(10-7-12)8-4-2-3-5-11(16)14-13/h17H,2-10,13H2,1H3,(H,14,16). The van der Waals surface area contributed by atoms with Gasteiger partial charge in [0.05, 0.1) is 5.60 Å². The maximum Gasteiger partial charge on any atom is 0.233 e. The maximum absolute atomic E-state index is 10.9. The number of hydrogen-bond donors (Lipinski definition) is 3. The molecule has 0 atom stereocenters. The number of amides is 1. The smallest absolute Gasteiger partial charge is 0.233 e. The summed E-state index contributed by atoms with van der Waals surface area (Å²) in [4.78, 5) is 13.3. The first-order chi connectivity index (χ1) is 8.03. The van der Waals surface area contributed by atoms with Gasteiger partial charge in [-0.2, -0.15) is 0 Å². The van der Waals surface area contributed by atoms with E-state index < -0.39 is 5.60 Å². The Bertz CT molecular complexity index is 234. The van der Waals surface area contributed by atoms with Crippen molar-refractivity contribution < 1.29 is 9.90 Å². The molecule has 0 aromatic rings. The van der Waals surface area contributed by atoms with E-state index in [0.29, 0.717) is 6.42 Å². The number of aliphatic hydroxyl groups is 1. The largest absolute Gasteiger partial charge is 0.390 e. The van der Waals surface area contributed by atoms with Crippen LogP contribution in [0.5, 0.6) is 0 Å². The van der Waals surface area contributed by atoms with Gasteiger partial charge in [0.25, 0.3) is 0 Å². The van der Waals surface area contributed by atoms with Crippen LogP contribution >= 0.6 is 0 Å². The number of carbonyl (C=O) groups is 1. The molecule has 0 aromatic carbocycles. The number of nitrogens with one attached hydrogen (secondary N) is 1. The summed E-state index contributed by atoms with van der Waals surface area (Å²) in [5.74, 6) is 4.91. The van der Waals surface area contributed by atoms with Gasteiger partial charge in [-0.05, 0) is 39.2 Å². The van der Waals surface area contributed by atoms with Crippen molar-refractivity contribution in [2.24, 2.45) is 5.84 Å². The van der Waals surface area contributed by atoms with Gasteiger partial charge in [-0.15, -0.1) is 0 Å². The Morgan fingerprint density at radius 1 is 1.35 bits per heavy atom. The summed E-state index contributed by atoms with van der Waals surface area (Å²) in [6.45, 7) is 4.95. The minimum atomic E-state index is -0.463. The first-order valence-electron chi connectivity index (χ1n) is 6.48. The molecular formula is C12H25N3O2. The van der Waals surface area contributed by atoms with E-state index >= 15 is 0 Å². The first-order valence-corrected chi connectivity index (χ1v) is 6.48. The number of hydrogen-bond acceptors (Lipinski definition) is 4. The van der Waals surface area contributed by atoms with Gasteiger partial charge in [-0.3, -0.25) is 10.2 Å². The van der Waals surface area contributed by atoms with Crippen LogP contribution in [0.3, 0.4) is 0 Å². The van der Waals surface area contributed by atoms with Gasteiger partial charge in [0.15, 0.2) is 0 Å². The molecule has 0 saturated carbocycles. The molecule has 0 bridgehead atoms. The fourth-order valence-corrected chi connectivity index (χ4v) is 2.13. The zero-order chi connectivity index (χ0) is 12.7. The van der Waals surface area contributed by atoms with Crippen LogP contribution in [0.4, 0.5) is 0 Å². The summed E-state index contributed by atoms with van der Waals surface area (Å²) in [5, 5.41) is 9.81. The summed E-state index contributed by atoms with van der Waals surface area (Å²) in [6.07, 6.45) is 5.31. The Labute approximate surface area is 103 Å². The SMILES string of the molecule is CC1(O)CCN(CCCCCC(=O)NN)CC1. The lowest BCUT2D eigenvalue weighted by Gasteiger charge is -2.35. The molecule has 100 valence electrons. The Morgan fingerprint density at radius 3 is 2.59 bits per heavy atom. The third-order valence-electron chi connectivity index (χ3n) is 3.47. The molecule has 0 radical (unpaired) electrons. The van der Waals surface area contributed by atoms with E-state index in [1.54, 1.807) is 0 Å². The van der Waals surface area contributed by atoms with Crippen molar-refractivity contribution in [2.45, 2.75) is 51.0 Å². The summed E-state index contributed by atoms with van der Waals surface area (Å²) >= 11 is 0. The first kappa shape index (κ1) is 14.4. The summed E-state index contributed by atoms with van der Waals surface area (Å²) in [7, 11) is 0. The molecule has 1 rings (SSSR count). The van der Waals surface area contributed by atoms with E-state index in [0.717, 1.165) is 51.7 Å². The number of likely N-dealkylation sites (tertiary alicyclic amines) is 1. The van der Waals surface area contributed by atoms with E-state index in [9.17, 15) is 9.90 Å². The van der Waals surface area contributed by atoms with Gasteiger partial charge in [0.2, 0.25) is 5.91 Å². The van der Waals surface area contributed by atoms with Crippen LogP contribution in [-0.4, -0.2) is 41.1 Å². The fourth-order valence-electron chi connectivity index (χ4n) is 2.13. The molecule has 1 aliphatic rings. The number of piperidine rings is 1. The summed E-state index contributed by atoms with van der Waals surface area (Å²) < 4.78 is 0. The van der Waals surface area contributed by atoms with Crippen LogP contribution in [0.15, 0.2) is 0 Å². The Kier molecular flexibility index (Phi) is 5.88. The van der Waals surface area contributed by atoms with Crippen LogP contribution in [-0.2, 0) is 4.79 Å². The zero-order valence-corrected chi connectivity index (χ0v) is 10.7. The second-order valence-electron chi connectivity index (χ2n) is 5.22. The molecule has 0 unspecified atom stereocenters. The molecular weight excluding hydrogens is 218 g/mol. The zero-order valence-electron chi connectivity index (χ0n) is 10.7. The average molecular weight is 243 g/mol. The number of nitrogens with zero attached hydrogens (tertiary/aromatic N) is 1. The van der Waals surface area contributed by atoms with Gasteiger partial charge >= 0.3 is 0 Å². The monoisotopic (exact) mass is 243 g/mol. The normalized spacial score (nSPS) is 20.2. The highest BCUT2D eigenvalue weighted by molar-refractivity contribution is 5.74. The Morgan fingerprint density at radius 2 is 2.00 bits per heavy atom. The molecule has 1 aliphatic heterocycles. The van der Waals surface area contributed by atoms with E-state index in [1.807, 2.05) is 6.92 Å². The highest BCUT2D eigenvalue weighted by atomic mass is 16.3. The molecule has 1 fully saturated rings. The molecule has 17 heavy (non-hydrogen) atoms. The topological polar surface area (TPSA) is 78.6 Å². The van der Waals surface area contributed by atoms with Crippen molar-refractivity contribution in [3.8, 4) is 0 Å². The average Bonchev–Trinajstić information content (AvgIpc) is 2.30. The predicted molar refractivity (Wildman–Crippen MR) is 67.1 cm³/mol. The van der Waals surface area contributed by atoms with E-state index in [2.05, 4.69) is 10.3 Å². The molecule has 4 N–H and O–H groups in total. The van der Waals surface area contributed by atoms with Crippen molar-refractivity contribution in [1.82, 2.24) is 10.3 Å². The van der Waals surface area contributed by atoms with Crippen molar-refractivity contribution in [1.29, 1.82) is 0 Å². The molecule has 0 aliphatic carbocycles. The van der Waals surface area contributed by atoms with E-state index in [4.69, 9.17) is 5.84 Å². The number of unbranched alkanes of at least 4 members (excludes halogenated alkanes) is 2. The van der Waals surface area contributed by atoms with Crippen LogP contribution < -0.4 is 11.3 Å². The van der Waals surface area contributed by atoms with Crippen LogP contribution in [0.2, 0.25) is 0 Å². The quantitative estimate of drug-likeness (QED) is 0.273. The van der Waals surface area contributed by atoms with Crippen molar-refractivity contribution in [3.05, 3.63) is 0 Å². The Balaban J connectivity index is 1.99. The van der Waals surface area contributed by atoms with Crippen molar-refractivity contribution in [2.75, 3.05) is 19.6 Å². The molecule has 5 nitrogen and oxygen atoms in total. The second-order valence-corrected chi connectivity index (χ2v) is 5.22. The van der Waals surface area contributed by atoms with Crippen LogP contribution in [0.1, 0.15) is 45.4 Å². The molecule has 1 saturated heterocycles. The molecule has 5 heteroatoms. The lowest BCUT2D eigenvalue weighted by atomic mass is 9.94. The lowest BCUT2D eigenvalue weighted by molar-refractivity contribution is -0.121. The summed E-state index contributed by atoms with van der Waals surface area (Å²) in [5.41, 5.74) is 1.67. The molecule has 0 spiro atoms. The van der Waals surface area contributed by atoms with Gasteiger partial charge in [-0.25, -0.2) is 5.84 Å². The third kappa shape index (κ3) is 6.00. The number of carbonyl (C=O) groups excluding carboxylic acids is 1. The van der Waals surface area contributed by atoms with Gasteiger partial charge in [0, 0.05) is 19.5 Å². The lowest BCUT2D eigenvalue weighted by Crippen LogP contribution is -2.42. The van der Waals surface area contributed by atoms with E-state index in [1.165, 1.54) is 0 Å². The molecule has 1 amide bonds. The molecule has 0 aromatic heterocycles. The van der Waals surface area contributed by atoms with Crippen LogP contribution in [0.25, 0.3) is 0 Å². The second kappa shape index (κ2) is 6.93. The predicted octanol–water partition coefficient (Wildman–Crippen LogP) is 0.384. The van der Waals surface area contributed by atoms with Gasteiger partial charge < -0.3 is 10.0 Å². The Hall–Kier alpha value is -0.650. The van der Waals surface area contributed by atoms with Crippen molar-refractivity contribution >= 4 is 5.91 Å². The van der Waals surface area contributed by atoms with E-state index in [-0.39, 0.29) is 5.91 Å². The van der Waals surface area contributed by atoms with Crippen molar-refractivity contribution in [3.63, 3.8) is 0 Å². The maximum atomic E-state index is 10.9. The van der Waals surface area contributed by atoms with Crippen LogP contribution in [0, 0.1) is 0 Å². The highest BCUT2D eigenvalue weighted by Gasteiger charge is 2.26. The minimum absolute atomic E-state index is 0.0842. The number of rotatable bonds is 6. The highest BCUT2D eigenvalue weighted by Crippen LogP contribution is 2.21. The fraction of sp³-hybridized carbons (Fsp3) is 0.917. The number of nitrogens with two attached hydrogens (primary N) is 1. The minimum Gasteiger partial charge on any atom is -0.390 e. The van der Waals surface area contributed by atoms with Gasteiger partial charge in [-0.1, -0.05) is 6.42 Å². The van der Waals surface area contributed by atoms with Gasteiger partial charge in [0.1, 0.15) is 0 Å². The molecule has 1 heterocycles. The third-order valence-corrected chi connectivity index (χ3v) is 3.47. The number of hydrazine groups is 1.